The largest absolute Gasteiger partial charge is 0.444 e. The summed E-state index contributed by atoms with van der Waals surface area (Å²) < 4.78 is 5.83. The molecule has 3 nitrogen and oxygen atoms in total. The first-order valence-electron chi connectivity index (χ1n) is 7.45. The first kappa shape index (κ1) is 19.3. The van der Waals surface area contributed by atoms with E-state index < -0.39 is 11.1 Å². The predicted octanol–water partition coefficient (Wildman–Crippen LogP) is 4.41. The SMILES string of the molecule is CN(C)C(C)(C)OC(=O)C1(c2ccc(Cl)cc2)CCCC1.Cl. The number of benzene rings is 1. The zero-order valence-corrected chi connectivity index (χ0v) is 15.3. The van der Waals surface area contributed by atoms with E-state index in [-0.39, 0.29) is 18.4 Å². The van der Waals surface area contributed by atoms with E-state index in [0.29, 0.717) is 5.02 Å². The summed E-state index contributed by atoms with van der Waals surface area (Å²) in [6, 6.07) is 7.61. The highest BCUT2D eigenvalue weighted by atomic mass is 35.5. The van der Waals surface area contributed by atoms with Crippen LogP contribution in [-0.4, -0.2) is 30.7 Å². The Morgan fingerprint density at radius 3 is 2.14 bits per heavy atom. The van der Waals surface area contributed by atoms with Crippen molar-refractivity contribution in [1.29, 1.82) is 0 Å². The second-order valence-electron chi connectivity index (χ2n) is 6.53. The molecule has 0 saturated heterocycles. The number of hydrogen-bond acceptors (Lipinski definition) is 3. The zero-order chi connectivity index (χ0) is 15.7. The molecule has 0 radical (unpaired) electrons. The Morgan fingerprint density at radius 1 is 1.18 bits per heavy atom. The van der Waals surface area contributed by atoms with Crippen LogP contribution >= 0.6 is 24.0 Å². The first-order chi connectivity index (χ1) is 9.78. The molecule has 2 rings (SSSR count). The minimum absolute atomic E-state index is 0. The third kappa shape index (κ3) is 3.76. The Balaban J connectivity index is 0.00000242. The van der Waals surface area contributed by atoms with Gasteiger partial charge in [-0.15, -0.1) is 12.4 Å². The summed E-state index contributed by atoms with van der Waals surface area (Å²) in [5.41, 5.74) is -0.110. The summed E-state index contributed by atoms with van der Waals surface area (Å²) in [6.45, 7) is 3.82. The van der Waals surface area contributed by atoms with Gasteiger partial charge < -0.3 is 4.74 Å². The summed E-state index contributed by atoms with van der Waals surface area (Å²) in [5.74, 6) is -0.124. The van der Waals surface area contributed by atoms with Crippen LogP contribution in [-0.2, 0) is 14.9 Å². The standard InChI is InChI=1S/C17H24ClNO2.ClH/c1-16(2,19(3)4)21-15(20)17(11-5-6-12-17)13-7-9-14(18)10-8-13;/h7-10H,5-6,11-12H2,1-4H3;1H. The van der Waals surface area contributed by atoms with Gasteiger partial charge in [-0.3, -0.25) is 9.69 Å². The van der Waals surface area contributed by atoms with Gasteiger partial charge in [-0.25, -0.2) is 0 Å². The Kier molecular flexibility index (Phi) is 6.31. The van der Waals surface area contributed by atoms with E-state index in [9.17, 15) is 4.79 Å². The van der Waals surface area contributed by atoms with Crippen molar-refractivity contribution in [3.05, 3.63) is 34.9 Å². The number of hydrogen-bond donors (Lipinski definition) is 0. The highest BCUT2D eigenvalue weighted by Crippen LogP contribution is 2.43. The molecule has 5 heteroatoms. The Morgan fingerprint density at radius 2 is 1.68 bits per heavy atom. The summed E-state index contributed by atoms with van der Waals surface area (Å²) in [4.78, 5) is 14.8. The summed E-state index contributed by atoms with van der Waals surface area (Å²) in [7, 11) is 3.83. The maximum Gasteiger partial charge on any atom is 0.318 e. The fourth-order valence-corrected chi connectivity index (χ4v) is 2.90. The van der Waals surface area contributed by atoms with Crippen molar-refractivity contribution in [2.24, 2.45) is 0 Å². The van der Waals surface area contributed by atoms with Gasteiger partial charge in [-0.2, -0.15) is 0 Å². The van der Waals surface area contributed by atoms with Crippen molar-refractivity contribution in [2.75, 3.05) is 14.1 Å². The minimum Gasteiger partial charge on any atom is -0.444 e. The van der Waals surface area contributed by atoms with Gasteiger partial charge in [0.15, 0.2) is 5.72 Å². The van der Waals surface area contributed by atoms with E-state index >= 15 is 0 Å². The molecule has 0 amide bonds. The number of nitrogens with zero attached hydrogens (tertiary/aromatic N) is 1. The second kappa shape index (κ2) is 7.20. The number of rotatable bonds is 4. The average Bonchev–Trinajstić information content (AvgIpc) is 2.89. The van der Waals surface area contributed by atoms with Crippen molar-refractivity contribution in [1.82, 2.24) is 4.90 Å². The van der Waals surface area contributed by atoms with Gasteiger partial charge in [0.2, 0.25) is 0 Å². The quantitative estimate of drug-likeness (QED) is 0.597. The lowest BCUT2D eigenvalue weighted by Crippen LogP contribution is -2.47. The molecule has 0 spiro atoms. The summed E-state index contributed by atoms with van der Waals surface area (Å²) in [6.07, 6.45) is 3.80. The Labute approximate surface area is 144 Å². The van der Waals surface area contributed by atoms with Crippen LogP contribution in [0.2, 0.25) is 5.02 Å². The van der Waals surface area contributed by atoms with Crippen LogP contribution in [0.15, 0.2) is 24.3 Å². The topological polar surface area (TPSA) is 29.5 Å². The number of carbonyl (C=O) groups excluding carboxylic acids is 1. The van der Waals surface area contributed by atoms with E-state index in [1.807, 2.05) is 57.1 Å². The molecular formula is C17H25Cl2NO2. The molecule has 1 aliphatic rings. The van der Waals surface area contributed by atoms with E-state index in [1.54, 1.807) is 0 Å². The molecule has 1 aromatic rings. The molecule has 22 heavy (non-hydrogen) atoms. The second-order valence-corrected chi connectivity index (χ2v) is 6.96. The van der Waals surface area contributed by atoms with Crippen LogP contribution in [0.4, 0.5) is 0 Å². The van der Waals surface area contributed by atoms with Crippen molar-refractivity contribution in [3.8, 4) is 0 Å². The molecule has 0 unspecified atom stereocenters. The fourth-order valence-electron chi connectivity index (χ4n) is 2.77. The van der Waals surface area contributed by atoms with Crippen LogP contribution in [0.5, 0.6) is 0 Å². The first-order valence-corrected chi connectivity index (χ1v) is 7.83. The van der Waals surface area contributed by atoms with E-state index in [1.165, 1.54) is 0 Å². The van der Waals surface area contributed by atoms with Crippen LogP contribution in [0.3, 0.4) is 0 Å². The Hall–Kier alpha value is -0.770. The van der Waals surface area contributed by atoms with Gasteiger partial charge in [0, 0.05) is 5.02 Å². The zero-order valence-electron chi connectivity index (χ0n) is 13.7. The maximum absolute atomic E-state index is 12.9. The van der Waals surface area contributed by atoms with E-state index in [4.69, 9.17) is 16.3 Å². The lowest BCUT2D eigenvalue weighted by molar-refractivity contribution is -0.179. The highest BCUT2D eigenvalue weighted by Gasteiger charge is 2.46. The monoisotopic (exact) mass is 345 g/mol. The van der Waals surface area contributed by atoms with Crippen LogP contribution in [0.1, 0.15) is 45.1 Å². The molecule has 1 fully saturated rings. The molecule has 1 aliphatic carbocycles. The lowest BCUT2D eigenvalue weighted by Gasteiger charge is -2.36. The summed E-state index contributed by atoms with van der Waals surface area (Å²) in [5, 5.41) is 0.689. The van der Waals surface area contributed by atoms with Crippen molar-refractivity contribution < 1.29 is 9.53 Å². The fraction of sp³-hybridized carbons (Fsp3) is 0.588. The van der Waals surface area contributed by atoms with Crippen molar-refractivity contribution in [2.45, 2.75) is 50.7 Å². The highest BCUT2D eigenvalue weighted by molar-refractivity contribution is 6.30. The molecule has 0 heterocycles. The normalized spacial score (nSPS) is 17.2. The minimum atomic E-state index is -0.612. The van der Waals surface area contributed by atoms with E-state index in [0.717, 1.165) is 31.2 Å². The third-order valence-corrected chi connectivity index (χ3v) is 4.92. The van der Waals surface area contributed by atoms with Gasteiger partial charge in [-0.1, -0.05) is 36.6 Å². The molecule has 0 N–H and O–H groups in total. The smallest absolute Gasteiger partial charge is 0.318 e. The van der Waals surface area contributed by atoms with E-state index in [2.05, 4.69) is 0 Å². The molecule has 0 bridgehead atoms. The number of halogens is 2. The molecule has 1 saturated carbocycles. The third-order valence-electron chi connectivity index (χ3n) is 4.66. The van der Waals surface area contributed by atoms with Crippen LogP contribution < -0.4 is 0 Å². The van der Waals surface area contributed by atoms with Gasteiger partial charge in [-0.05, 0) is 58.5 Å². The number of carbonyl (C=O) groups is 1. The van der Waals surface area contributed by atoms with Gasteiger partial charge >= 0.3 is 5.97 Å². The lowest BCUT2D eigenvalue weighted by atomic mass is 9.79. The summed E-state index contributed by atoms with van der Waals surface area (Å²) >= 11 is 5.97. The molecular weight excluding hydrogens is 321 g/mol. The van der Waals surface area contributed by atoms with Crippen LogP contribution in [0, 0.1) is 0 Å². The number of ether oxygens (including phenoxy) is 1. The molecule has 124 valence electrons. The number of esters is 1. The molecule has 0 aromatic heterocycles. The predicted molar refractivity (Wildman–Crippen MR) is 92.7 cm³/mol. The van der Waals surface area contributed by atoms with Crippen molar-refractivity contribution >= 4 is 30.0 Å². The van der Waals surface area contributed by atoms with Gasteiger partial charge in [0.25, 0.3) is 0 Å². The average molecular weight is 346 g/mol. The molecule has 0 atom stereocenters. The van der Waals surface area contributed by atoms with Crippen LogP contribution in [0.25, 0.3) is 0 Å². The molecule has 1 aromatic carbocycles. The molecule has 0 aliphatic heterocycles. The maximum atomic E-state index is 12.9. The Bertz CT molecular complexity index is 506. The van der Waals surface area contributed by atoms with Gasteiger partial charge in [0.1, 0.15) is 0 Å². The van der Waals surface area contributed by atoms with Gasteiger partial charge in [0.05, 0.1) is 5.41 Å². The van der Waals surface area contributed by atoms with Crippen molar-refractivity contribution in [3.63, 3.8) is 0 Å².